The molecule has 0 spiro atoms. The van der Waals surface area contributed by atoms with Gasteiger partial charge in [-0.2, -0.15) is 0 Å². The molecule has 5 nitrogen and oxygen atoms in total. The van der Waals surface area contributed by atoms with Gasteiger partial charge in [-0.15, -0.1) is 0 Å². The summed E-state index contributed by atoms with van der Waals surface area (Å²) in [6, 6.07) is 16.0. The van der Waals surface area contributed by atoms with Crippen molar-refractivity contribution < 1.29 is 14.0 Å². The molecule has 1 fully saturated rings. The summed E-state index contributed by atoms with van der Waals surface area (Å²) >= 11 is 5.88. The molecule has 1 N–H and O–H groups in total. The molecule has 1 atom stereocenters. The molecular formula is C19H15ClN2O3. The maximum atomic E-state index is 12.4. The molecule has 2 heterocycles. The maximum Gasteiger partial charge on any atom is 0.287 e. The van der Waals surface area contributed by atoms with Gasteiger partial charge in [0.25, 0.3) is 5.91 Å². The smallest absolute Gasteiger partial charge is 0.287 e. The molecule has 126 valence electrons. The molecule has 0 unspecified atom stereocenters. The Morgan fingerprint density at radius 1 is 1.16 bits per heavy atom. The van der Waals surface area contributed by atoms with Gasteiger partial charge in [-0.1, -0.05) is 29.8 Å². The topological polar surface area (TPSA) is 62.6 Å². The van der Waals surface area contributed by atoms with Gasteiger partial charge in [0.2, 0.25) is 5.91 Å². The molecule has 2 amide bonds. The zero-order valence-electron chi connectivity index (χ0n) is 13.2. The number of rotatable bonds is 3. The second-order valence-electron chi connectivity index (χ2n) is 6.00. The number of benzene rings is 2. The minimum atomic E-state index is -0.313. The lowest BCUT2D eigenvalue weighted by molar-refractivity contribution is -0.117. The van der Waals surface area contributed by atoms with E-state index in [9.17, 15) is 9.59 Å². The summed E-state index contributed by atoms with van der Waals surface area (Å²) < 4.78 is 5.57. The predicted molar refractivity (Wildman–Crippen MR) is 95.9 cm³/mol. The highest BCUT2D eigenvalue weighted by Crippen LogP contribution is 2.24. The van der Waals surface area contributed by atoms with Gasteiger partial charge in [0.15, 0.2) is 5.76 Å². The Morgan fingerprint density at radius 2 is 1.92 bits per heavy atom. The van der Waals surface area contributed by atoms with Crippen LogP contribution < -0.4 is 10.2 Å². The van der Waals surface area contributed by atoms with Crippen LogP contribution in [-0.2, 0) is 4.79 Å². The van der Waals surface area contributed by atoms with Crippen molar-refractivity contribution in [3.05, 3.63) is 65.4 Å². The van der Waals surface area contributed by atoms with Gasteiger partial charge < -0.3 is 14.6 Å². The van der Waals surface area contributed by atoms with E-state index in [1.54, 1.807) is 35.2 Å². The van der Waals surface area contributed by atoms with Crippen LogP contribution in [0.25, 0.3) is 11.0 Å². The SMILES string of the molecule is O=C(N[C@H]1CC(=O)N(c2ccc(Cl)cc2)C1)c1cc2ccccc2o1. The fraction of sp³-hybridized carbons (Fsp3) is 0.158. The van der Waals surface area contributed by atoms with Crippen LogP contribution in [0.15, 0.2) is 59.0 Å². The third-order valence-electron chi connectivity index (χ3n) is 4.25. The van der Waals surface area contributed by atoms with E-state index in [1.807, 2.05) is 24.3 Å². The van der Waals surface area contributed by atoms with Crippen LogP contribution >= 0.6 is 11.6 Å². The van der Waals surface area contributed by atoms with E-state index in [0.29, 0.717) is 17.2 Å². The van der Waals surface area contributed by atoms with Crippen molar-refractivity contribution in [2.75, 3.05) is 11.4 Å². The lowest BCUT2D eigenvalue weighted by Crippen LogP contribution is -2.37. The van der Waals surface area contributed by atoms with Crippen molar-refractivity contribution in [3.63, 3.8) is 0 Å². The van der Waals surface area contributed by atoms with Crippen LogP contribution in [0.3, 0.4) is 0 Å². The number of anilines is 1. The van der Waals surface area contributed by atoms with Crippen molar-refractivity contribution >= 4 is 40.1 Å². The van der Waals surface area contributed by atoms with Gasteiger partial charge in [0.05, 0.1) is 6.04 Å². The summed E-state index contributed by atoms with van der Waals surface area (Å²) in [6.45, 7) is 0.423. The van der Waals surface area contributed by atoms with Gasteiger partial charge in [-0.05, 0) is 36.4 Å². The van der Waals surface area contributed by atoms with Crippen LogP contribution in [0.4, 0.5) is 5.69 Å². The maximum absolute atomic E-state index is 12.4. The molecular weight excluding hydrogens is 340 g/mol. The molecule has 1 saturated heterocycles. The van der Waals surface area contributed by atoms with Gasteiger partial charge in [-0.25, -0.2) is 0 Å². The quantitative estimate of drug-likeness (QED) is 0.781. The Hall–Kier alpha value is -2.79. The second kappa shape index (κ2) is 6.26. The van der Waals surface area contributed by atoms with Crippen LogP contribution in [0.2, 0.25) is 5.02 Å². The molecule has 6 heteroatoms. The second-order valence-corrected chi connectivity index (χ2v) is 6.44. The summed E-state index contributed by atoms with van der Waals surface area (Å²) in [6.07, 6.45) is 0.259. The molecule has 2 aromatic carbocycles. The largest absolute Gasteiger partial charge is 0.451 e. The van der Waals surface area contributed by atoms with Gasteiger partial charge in [0, 0.05) is 29.1 Å². The first-order valence-electron chi connectivity index (χ1n) is 7.95. The fourth-order valence-electron chi connectivity index (χ4n) is 3.03. The third kappa shape index (κ3) is 3.10. The highest BCUT2D eigenvalue weighted by molar-refractivity contribution is 6.30. The number of carbonyl (C=O) groups is 2. The van der Waals surface area contributed by atoms with E-state index < -0.39 is 0 Å². The highest BCUT2D eigenvalue weighted by atomic mass is 35.5. The number of nitrogens with zero attached hydrogens (tertiary/aromatic N) is 1. The Balaban J connectivity index is 1.47. The number of amides is 2. The van der Waals surface area contributed by atoms with E-state index in [-0.39, 0.29) is 30.0 Å². The average Bonchev–Trinajstić information content (AvgIpc) is 3.19. The van der Waals surface area contributed by atoms with E-state index in [2.05, 4.69) is 5.32 Å². The lowest BCUT2D eigenvalue weighted by Gasteiger charge is -2.17. The van der Waals surface area contributed by atoms with Gasteiger partial charge >= 0.3 is 0 Å². The molecule has 1 aliphatic rings. The standard InChI is InChI=1S/C19H15ClN2O3/c20-13-5-7-15(8-6-13)22-11-14(10-18(22)23)21-19(24)17-9-12-3-1-2-4-16(12)25-17/h1-9,14H,10-11H2,(H,21,24)/t14-/m0/s1. The number of carbonyl (C=O) groups excluding carboxylic acids is 2. The minimum absolute atomic E-state index is 0.0303. The Bertz CT molecular complexity index is 916. The number of fused-ring (bicyclic) bond motifs is 1. The number of hydrogen-bond acceptors (Lipinski definition) is 3. The van der Waals surface area contributed by atoms with Crippen LogP contribution in [0.5, 0.6) is 0 Å². The predicted octanol–water partition coefficient (Wildman–Crippen LogP) is 3.62. The zero-order chi connectivity index (χ0) is 17.4. The summed E-state index contributed by atoms with van der Waals surface area (Å²) in [4.78, 5) is 26.3. The Morgan fingerprint density at radius 3 is 2.68 bits per heavy atom. The molecule has 0 bridgehead atoms. The number of para-hydroxylation sites is 1. The van der Waals surface area contributed by atoms with Crippen LogP contribution in [0, 0.1) is 0 Å². The zero-order valence-corrected chi connectivity index (χ0v) is 14.0. The third-order valence-corrected chi connectivity index (χ3v) is 4.50. The van der Waals surface area contributed by atoms with Crippen molar-refractivity contribution in [2.45, 2.75) is 12.5 Å². The van der Waals surface area contributed by atoms with E-state index >= 15 is 0 Å². The molecule has 4 rings (SSSR count). The van der Waals surface area contributed by atoms with Gasteiger partial charge in [-0.3, -0.25) is 9.59 Å². The Kier molecular flexibility index (Phi) is 3.93. The summed E-state index contributed by atoms with van der Waals surface area (Å²) in [5.74, 6) is -0.0947. The molecule has 0 aliphatic carbocycles. The number of nitrogens with one attached hydrogen (secondary N) is 1. The normalized spacial score (nSPS) is 17.2. The van der Waals surface area contributed by atoms with Crippen LogP contribution in [-0.4, -0.2) is 24.4 Å². The summed E-state index contributed by atoms with van der Waals surface area (Å²) in [5, 5.41) is 4.37. The molecule has 1 aromatic heterocycles. The van der Waals surface area contributed by atoms with Crippen molar-refractivity contribution in [1.29, 1.82) is 0 Å². The van der Waals surface area contributed by atoms with E-state index in [0.717, 1.165) is 11.1 Å². The molecule has 1 aliphatic heterocycles. The first kappa shape index (κ1) is 15.7. The van der Waals surface area contributed by atoms with Crippen molar-refractivity contribution in [3.8, 4) is 0 Å². The van der Waals surface area contributed by atoms with Crippen molar-refractivity contribution in [2.24, 2.45) is 0 Å². The highest BCUT2D eigenvalue weighted by Gasteiger charge is 2.32. The number of hydrogen-bond donors (Lipinski definition) is 1. The first-order valence-corrected chi connectivity index (χ1v) is 8.33. The lowest BCUT2D eigenvalue weighted by atomic mass is 10.2. The van der Waals surface area contributed by atoms with E-state index in [1.165, 1.54) is 0 Å². The van der Waals surface area contributed by atoms with Crippen LogP contribution in [0.1, 0.15) is 17.0 Å². The Labute approximate surface area is 149 Å². The summed E-state index contributed by atoms with van der Waals surface area (Å²) in [5.41, 5.74) is 1.44. The van der Waals surface area contributed by atoms with Gasteiger partial charge in [0.1, 0.15) is 5.58 Å². The molecule has 0 saturated carbocycles. The fourth-order valence-corrected chi connectivity index (χ4v) is 3.15. The monoisotopic (exact) mass is 354 g/mol. The molecule has 0 radical (unpaired) electrons. The molecule has 3 aromatic rings. The average molecular weight is 355 g/mol. The number of furan rings is 1. The minimum Gasteiger partial charge on any atom is -0.451 e. The summed E-state index contributed by atoms with van der Waals surface area (Å²) in [7, 11) is 0. The van der Waals surface area contributed by atoms with E-state index in [4.69, 9.17) is 16.0 Å². The molecule has 25 heavy (non-hydrogen) atoms. The first-order chi connectivity index (χ1) is 12.1. The number of halogens is 1. The van der Waals surface area contributed by atoms with Crippen molar-refractivity contribution in [1.82, 2.24) is 5.32 Å².